The Labute approximate surface area is 147 Å². The van der Waals surface area contributed by atoms with Gasteiger partial charge in [-0.2, -0.15) is 0 Å². The third kappa shape index (κ3) is 3.70. The summed E-state index contributed by atoms with van der Waals surface area (Å²) < 4.78 is 6.82. The number of carbonyl (C=O) groups excluding carboxylic acids is 1. The minimum atomic E-state index is -0.523. The number of rotatable bonds is 6. The summed E-state index contributed by atoms with van der Waals surface area (Å²) in [4.78, 5) is 29.4. The molecule has 0 bridgehead atoms. The van der Waals surface area contributed by atoms with Crippen LogP contribution in [0.2, 0.25) is 0 Å². The second kappa shape index (κ2) is 7.45. The third-order valence-electron chi connectivity index (χ3n) is 3.55. The fraction of sp³-hybridized carbons (Fsp3) is 0.235. The number of nitrogens with zero attached hydrogens (tertiary/aromatic N) is 2. The first kappa shape index (κ1) is 17.1. The zero-order valence-electron chi connectivity index (χ0n) is 13.6. The Morgan fingerprint density at radius 2 is 2.20 bits per heavy atom. The molecule has 0 saturated heterocycles. The van der Waals surface area contributed by atoms with Crippen LogP contribution < -0.4 is 10.9 Å². The van der Waals surface area contributed by atoms with Gasteiger partial charge in [-0.25, -0.2) is 9.78 Å². The minimum absolute atomic E-state index is 0.0442. The van der Waals surface area contributed by atoms with Crippen molar-refractivity contribution in [2.75, 3.05) is 18.5 Å². The van der Waals surface area contributed by atoms with E-state index in [9.17, 15) is 9.59 Å². The van der Waals surface area contributed by atoms with Gasteiger partial charge in [-0.05, 0) is 19.1 Å². The molecule has 0 amide bonds. The molecule has 0 aliphatic rings. The lowest BCUT2D eigenvalue weighted by Gasteiger charge is -2.10. The second-order valence-corrected chi connectivity index (χ2v) is 6.19. The molecule has 3 aromatic rings. The van der Waals surface area contributed by atoms with E-state index in [-0.39, 0.29) is 18.8 Å². The Kier molecular flexibility index (Phi) is 5.11. The normalized spacial score (nSPS) is 10.8. The van der Waals surface area contributed by atoms with Gasteiger partial charge in [0.2, 0.25) is 0 Å². The first-order valence-electron chi connectivity index (χ1n) is 7.68. The van der Waals surface area contributed by atoms with E-state index in [0.717, 1.165) is 5.69 Å². The van der Waals surface area contributed by atoms with Gasteiger partial charge in [-0.15, -0.1) is 11.3 Å². The smallest absolute Gasteiger partial charge is 0.340 e. The molecule has 0 radical (unpaired) electrons. The van der Waals surface area contributed by atoms with Gasteiger partial charge in [0.25, 0.3) is 5.56 Å². The molecular weight excluding hydrogens is 342 g/mol. The van der Waals surface area contributed by atoms with Crippen LogP contribution in [-0.2, 0) is 11.3 Å². The molecule has 0 atom stereocenters. The molecule has 25 heavy (non-hydrogen) atoms. The first-order chi connectivity index (χ1) is 12.1. The monoisotopic (exact) mass is 359 g/mol. The Balaban J connectivity index is 1.76. The average Bonchev–Trinajstić information content (AvgIpc) is 2.99. The van der Waals surface area contributed by atoms with Crippen LogP contribution in [0.15, 0.2) is 40.5 Å². The van der Waals surface area contributed by atoms with Crippen LogP contribution in [0.3, 0.4) is 0 Å². The van der Waals surface area contributed by atoms with Gasteiger partial charge in [0.1, 0.15) is 6.61 Å². The maximum atomic E-state index is 12.3. The van der Waals surface area contributed by atoms with E-state index < -0.39 is 5.97 Å². The van der Waals surface area contributed by atoms with Crippen LogP contribution in [0.5, 0.6) is 0 Å². The highest BCUT2D eigenvalue weighted by Crippen LogP contribution is 2.17. The SMILES string of the molecule is Cc1csc2nc(COC(=O)c3ccccc3NCCO)cc(=O)n12. The molecule has 8 heteroatoms. The summed E-state index contributed by atoms with van der Waals surface area (Å²) in [5, 5.41) is 13.7. The zero-order chi connectivity index (χ0) is 17.8. The molecule has 0 aliphatic carbocycles. The van der Waals surface area contributed by atoms with Gasteiger partial charge in [-0.1, -0.05) is 12.1 Å². The summed E-state index contributed by atoms with van der Waals surface area (Å²) in [7, 11) is 0. The molecule has 0 saturated carbocycles. The van der Waals surface area contributed by atoms with Crippen molar-refractivity contribution in [1.29, 1.82) is 0 Å². The molecule has 130 valence electrons. The van der Waals surface area contributed by atoms with Crippen molar-refractivity contribution in [3.63, 3.8) is 0 Å². The number of aromatic nitrogens is 2. The van der Waals surface area contributed by atoms with Crippen LogP contribution in [0, 0.1) is 6.92 Å². The number of benzene rings is 1. The molecule has 2 heterocycles. The average molecular weight is 359 g/mol. The number of aliphatic hydroxyl groups is 1. The van der Waals surface area contributed by atoms with E-state index >= 15 is 0 Å². The highest BCUT2D eigenvalue weighted by molar-refractivity contribution is 7.15. The maximum Gasteiger partial charge on any atom is 0.340 e. The predicted molar refractivity (Wildman–Crippen MR) is 95.2 cm³/mol. The molecular formula is C17H17N3O4S. The van der Waals surface area contributed by atoms with E-state index in [1.807, 2.05) is 12.3 Å². The first-order valence-corrected chi connectivity index (χ1v) is 8.56. The van der Waals surface area contributed by atoms with Crippen LogP contribution in [0.1, 0.15) is 21.7 Å². The van der Waals surface area contributed by atoms with Crippen molar-refractivity contribution in [3.8, 4) is 0 Å². The summed E-state index contributed by atoms with van der Waals surface area (Å²) >= 11 is 1.36. The van der Waals surface area contributed by atoms with E-state index in [4.69, 9.17) is 9.84 Å². The van der Waals surface area contributed by atoms with Gasteiger partial charge in [0, 0.05) is 29.4 Å². The van der Waals surface area contributed by atoms with Crippen molar-refractivity contribution in [2.45, 2.75) is 13.5 Å². The molecule has 0 fully saturated rings. The largest absolute Gasteiger partial charge is 0.456 e. The molecule has 7 nitrogen and oxygen atoms in total. The summed E-state index contributed by atoms with van der Waals surface area (Å²) in [6.07, 6.45) is 0. The van der Waals surface area contributed by atoms with Gasteiger partial charge in [0.15, 0.2) is 4.96 Å². The lowest BCUT2D eigenvalue weighted by atomic mass is 10.2. The van der Waals surface area contributed by atoms with E-state index in [1.165, 1.54) is 21.8 Å². The standard InChI is InChI=1S/C17H17N3O4S/c1-11-10-25-17-19-12(8-15(22)20(11)17)9-24-16(23)13-4-2-3-5-14(13)18-6-7-21/h2-5,8,10,18,21H,6-7,9H2,1H3. The number of aryl methyl sites for hydroxylation is 1. The van der Waals surface area contributed by atoms with Gasteiger partial charge in [-0.3, -0.25) is 9.20 Å². The number of hydrogen-bond acceptors (Lipinski definition) is 7. The number of para-hydroxylation sites is 1. The molecule has 1 aromatic carbocycles. The number of fused-ring (bicyclic) bond motifs is 1. The number of nitrogens with one attached hydrogen (secondary N) is 1. The van der Waals surface area contributed by atoms with E-state index in [1.54, 1.807) is 24.3 Å². The van der Waals surface area contributed by atoms with Crippen LogP contribution in [0.25, 0.3) is 4.96 Å². The van der Waals surface area contributed by atoms with Gasteiger partial charge in [0.05, 0.1) is 17.9 Å². The summed E-state index contributed by atoms with van der Waals surface area (Å²) in [6.45, 7) is 2.03. The maximum absolute atomic E-state index is 12.3. The van der Waals surface area contributed by atoms with Crippen molar-refractivity contribution in [2.24, 2.45) is 0 Å². The summed E-state index contributed by atoms with van der Waals surface area (Å²) in [6, 6.07) is 8.25. The van der Waals surface area contributed by atoms with Crippen LogP contribution in [-0.4, -0.2) is 33.6 Å². The van der Waals surface area contributed by atoms with Gasteiger partial charge >= 0.3 is 5.97 Å². The molecule has 0 unspecified atom stereocenters. The number of anilines is 1. The number of hydrogen-bond donors (Lipinski definition) is 2. The fourth-order valence-electron chi connectivity index (χ4n) is 2.40. The van der Waals surface area contributed by atoms with Gasteiger partial charge < -0.3 is 15.2 Å². The lowest BCUT2D eigenvalue weighted by Crippen LogP contribution is -2.17. The third-order valence-corrected chi connectivity index (χ3v) is 4.50. The number of aliphatic hydroxyl groups excluding tert-OH is 1. The van der Waals surface area contributed by atoms with E-state index in [0.29, 0.717) is 28.5 Å². The van der Waals surface area contributed by atoms with Crippen LogP contribution in [0.4, 0.5) is 5.69 Å². The molecule has 0 spiro atoms. The topological polar surface area (TPSA) is 92.9 Å². The Hall–Kier alpha value is -2.71. The molecule has 2 N–H and O–H groups in total. The second-order valence-electron chi connectivity index (χ2n) is 5.35. The highest BCUT2D eigenvalue weighted by Gasteiger charge is 2.14. The Bertz CT molecular complexity index is 964. The predicted octanol–water partition coefficient (Wildman–Crippen LogP) is 1.83. The van der Waals surface area contributed by atoms with Crippen molar-refractivity contribution in [1.82, 2.24) is 9.38 Å². The number of thiazole rings is 1. The highest BCUT2D eigenvalue weighted by atomic mass is 32.1. The van der Waals surface area contributed by atoms with Crippen molar-refractivity contribution < 1.29 is 14.6 Å². The molecule has 2 aromatic heterocycles. The van der Waals surface area contributed by atoms with Crippen molar-refractivity contribution >= 4 is 28.0 Å². The zero-order valence-corrected chi connectivity index (χ0v) is 14.4. The number of esters is 1. The summed E-state index contributed by atoms with van der Waals surface area (Å²) in [5.41, 5.74) is 1.98. The Morgan fingerprint density at radius 3 is 3.00 bits per heavy atom. The van der Waals surface area contributed by atoms with E-state index in [2.05, 4.69) is 10.3 Å². The minimum Gasteiger partial charge on any atom is -0.456 e. The fourth-order valence-corrected chi connectivity index (χ4v) is 3.29. The quantitative estimate of drug-likeness (QED) is 0.652. The lowest BCUT2D eigenvalue weighted by molar-refractivity contribution is 0.0469. The van der Waals surface area contributed by atoms with Crippen LogP contribution >= 0.6 is 11.3 Å². The molecule has 0 aliphatic heterocycles. The molecule has 3 rings (SSSR count). The Morgan fingerprint density at radius 1 is 1.40 bits per heavy atom. The number of ether oxygens (including phenoxy) is 1. The summed E-state index contributed by atoms with van der Waals surface area (Å²) in [5.74, 6) is -0.523. The number of carbonyl (C=O) groups is 1. The van der Waals surface area contributed by atoms with Crippen molar-refractivity contribution in [3.05, 3.63) is 63.0 Å².